The predicted molar refractivity (Wildman–Crippen MR) is 83.1 cm³/mol. The molecule has 0 unspecified atom stereocenters. The van der Waals surface area contributed by atoms with Gasteiger partial charge in [-0.05, 0) is 32.8 Å². The van der Waals surface area contributed by atoms with E-state index in [9.17, 15) is 9.59 Å². The fraction of sp³-hybridized carbons (Fsp3) is 0.667. The van der Waals surface area contributed by atoms with E-state index >= 15 is 0 Å². The van der Waals surface area contributed by atoms with Gasteiger partial charge in [0.25, 0.3) is 0 Å². The molecule has 0 radical (unpaired) electrons. The summed E-state index contributed by atoms with van der Waals surface area (Å²) in [5.41, 5.74) is 7.97. The molecule has 2 heterocycles. The lowest BCUT2D eigenvalue weighted by Gasteiger charge is -2.23. The first-order valence-corrected chi connectivity index (χ1v) is 7.70. The van der Waals surface area contributed by atoms with Crippen LogP contribution in [-0.2, 0) is 16.1 Å². The number of likely N-dealkylation sites (N-methyl/N-ethyl adjacent to an activating group) is 1. The molecule has 2 amide bonds. The van der Waals surface area contributed by atoms with E-state index in [1.165, 1.54) is 0 Å². The van der Waals surface area contributed by atoms with Crippen molar-refractivity contribution in [3.8, 4) is 0 Å². The summed E-state index contributed by atoms with van der Waals surface area (Å²) in [5, 5.41) is 6.98. The summed E-state index contributed by atoms with van der Waals surface area (Å²) in [6.45, 7) is 5.12. The van der Waals surface area contributed by atoms with Crippen LogP contribution >= 0.6 is 0 Å². The Kier molecular flexibility index (Phi) is 5.18. The van der Waals surface area contributed by atoms with Crippen molar-refractivity contribution >= 4 is 11.8 Å². The molecule has 0 aromatic carbocycles. The number of likely N-dealkylation sites (tertiary alicyclic amines) is 1. The summed E-state index contributed by atoms with van der Waals surface area (Å²) in [6, 6.07) is 1.46. The van der Waals surface area contributed by atoms with Crippen molar-refractivity contribution in [2.24, 2.45) is 5.73 Å². The molecule has 22 heavy (non-hydrogen) atoms. The van der Waals surface area contributed by atoms with Gasteiger partial charge in [0.1, 0.15) is 6.04 Å². The number of rotatable bonds is 5. The number of amides is 2. The smallest absolute Gasteiger partial charge is 0.242 e. The molecule has 1 aromatic heterocycles. The lowest BCUT2D eigenvalue weighted by atomic mass is 10.1. The zero-order chi connectivity index (χ0) is 16.3. The third kappa shape index (κ3) is 3.65. The molecule has 7 heteroatoms. The van der Waals surface area contributed by atoms with Gasteiger partial charge >= 0.3 is 0 Å². The molecule has 1 aliphatic rings. The van der Waals surface area contributed by atoms with E-state index in [1.54, 1.807) is 11.9 Å². The molecular formula is C15H25N5O2. The zero-order valence-corrected chi connectivity index (χ0v) is 13.5. The summed E-state index contributed by atoms with van der Waals surface area (Å²) in [7, 11) is 1.58. The van der Waals surface area contributed by atoms with Crippen molar-refractivity contribution in [3.63, 3.8) is 0 Å². The minimum absolute atomic E-state index is 0.0110. The van der Waals surface area contributed by atoms with Crippen molar-refractivity contribution in [2.75, 3.05) is 13.6 Å². The normalized spacial score (nSPS) is 21.2. The molecule has 7 nitrogen and oxygen atoms in total. The van der Waals surface area contributed by atoms with Gasteiger partial charge < -0.3 is 16.0 Å². The van der Waals surface area contributed by atoms with Gasteiger partial charge in [0, 0.05) is 38.3 Å². The van der Waals surface area contributed by atoms with Crippen LogP contribution in [-0.4, -0.2) is 52.2 Å². The SMILES string of the molecule is CNC(=O)[C@@H]1C[C@@H](N)CN1C(=O)CCCn1nc(C)cc1C. The zero-order valence-electron chi connectivity index (χ0n) is 13.5. The van der Waals surface area contributed by atoms with Gasteiger partial charge in [-0.3, -0.25) is 14.3 Å². The van der Waals surface area contributed by atoms with Crippen LogP contribution in [0.1, 0.15) is 30.7 Å². The van der Waals surface area contributed by atoms with Crippen molar-refractivity contribution in [3.05, 3.63) is 17.5 Å². The van der Waals surface area contributed by atoms with E-state index in [1.807, 2.05) is 24.6 Å². The maximum atomic E-state index is 12.4. The molecule has 122 valence electrons. The van der Waals surface area contributed by atoms with Gasteiger partial charge in [0.15, 0.2) is 0 Å². The quantitative estimate of drug-likeness (QED) is 0.798. The first kappa shape index (κ1) is 16.5. The van der Waals surface area contributed by atoms with Gasteiger partial charge in [-0.1, -0.05) is 0 Å². The second-order valence-electron chi connectivity index (χ2n) is 5.93. The Morgan fingerprint density at radius 1 is 1.45 bits per heavy atom. The van der Waals surface area contributed by atoms with Gasteiger partial charge in [0.05, 0.1) is 5.69 Å². The van der Waals surface area contributed by atoms with Gasteiger partial charge in [-0.2, -0.15) is 5.10 Å². The minimum atomic E-state index is -0.429. The Morgan fingerprint density at radius 3 is 2.77 bits per heavy atom. The molecule has 2 rings (SSSR count). The minimum Gasteiger partial charge on any atom is -0.357 e. The summed E-state index contributed by atoms with van der Waals surface area (Å²) in [6.07, 6.45) is 1.63. The van der Waals surface area contributed by atoms with Crippen LogP contribution in [0.25, 0.3) is 0 Å². The maximum absolute atomic E-state index is 12.4. The molecule has 0 spiro atoms. The third-order valence-corrected chi connectivity index (χ3v) is 4.07. The lowest BCUT2D eigenvalue weighted by Crippen LogP contribution is -2.45. The van der Waals surface area contributed by atoms with Crippen molar-refractivity contribution in [1.82, 2.24) is 20.0 Å². The molecule has 0 aliphatic carbocycles. The Morgan fingerprint density at radius 2 is 2.18 bits per heavy atom. The molecular weight excluding hydrogens is 282 g/mol. The average molecular weight is 307 g/mol. The number of hydrogen-bond donors (Lipinski definition) is 2. The number of aryl methyl sites for hydroxylation is 3. The highest BCUT2D eigenvalue weighted by molar-refractivity contribution is 5.88. The van der Waals surface area contributed by atoms with Gasteiger partial charge in [-0.25, -0.2) is 0 Å². The Balaban J connectivity index is 1.88. The highest BCUT2D eigenvalue weighted by atomic mass is 16.2. The number of carbonyl (C=O) groups excluding carboxylic acids is 2. The number of nitrogens with one attached hydrogen (secondary N) is 1. The number of hydrogen-bond acceptors (Lipinski definition) is 4. The average Bonchev–Trinajstić information content (AvgIpc) is 3.00. The van der Waals surface area contributed by atoms with Crippen LogP contribution in [0.4, 0.5) is 0 Å². The lowest BCUT2D eigenvalue weighted by molar-refractivity contribution is -0.138. The molecule has 1 saturated heterocycles. The molecule has 3 N–H and O–H groups in total. The predicted octanol–water partition coefficient (Wildman–Crippen LogP) is -0.0457. The fourth-order valence-electron chi connectivity index (χ4n) is 2.98. The van der Waals surface area contributed by atoms with E-state index in [4.69, 9.17) is 5.73 Å². The highest BCUT2D eigenvalue weighted by Crippen LogP contribution is 2.18. The second-order valence-corrected chi connectivity index (χ2v) is 5.93. The summed E-state index contributed by atoms with van der Waals surface area (Å²) in [4.78, 5) is 25.8. The molecule has 2 atom stereocenters. The summed E-state index contributed by atoms with van der Waals surface area (Å²) in [5.74, 6) is -0.150. The Labute approximate surface area is 130 Å². The van der Waals surface area contributed by atoms with Crippen LogP contribution in [0.3, 0.4) is 0 Å². The van der Waals surface area contributed by atoms with E-state index in [2.05, 4.69) is 10.4 Å². The van der Waals surface area contributed by atoms with Crippen LogP contribution in [0.2, 0.25) is 0 Å². The second kappa shape index (κ2) is 6.91. The highest BCUT2D eigenvalue weighted by Gasteiger charge is 2.37. The van der Waals surface area contributed by atoms with Crippen molar-refractivity contribution < 1.29 is 9.59 Å². The maximum Gasteiger partial charge on any atom is 0.242 e. The van der Waals surface area contributed by atoms with E-state index in [0.717, 1.165) is 11.4 Å². The van der Waals surface area contributed by atoms with Crippen LogP contribution in [0.15, 0.2) is 6.07 Å². The van der Waals surface area contributed by atoms with Gasteiger partial charge in [-0.15, -0.1) is 0 Å². The van der Waals surface area contributed by atoms with Crippen LogP contribution < -0.4 is 11.1 Å². The molecule has 0 saturated carbocycles. The van der Waals surface area contributed by atoms with Crippen LogP contribution in [0.5, 0.6) is 0 Å². The molecule has 1 aliphatic heterocycles. The van der Waals surface area contributed by atoms with E-state index in [-0.39, 0.29) is 17.9 Å². The van der Waals surface area contributed by atoms with Crippen molar-refractivity contribution in [1.29, 1.82) is 0 Å². The summed E-state index contributed by atoms with van der Waals surface area (Å²) >= 11 is 0. The van der Waals surface area contributed by atoms with Crippen LogP contribution in [0, 0.1) is 13.8 Å². The van der Waals surface area contributed by atoms with Crippen molar-refractivity contribution in [2.45, 2.75) is 51.7 Å². The summed E-state index contributed by atoms with van der Waals surface area (Å²) < 4.78 is 1.91. The number of nitrogens with two attached hydrogens (primary N) is 1. The number of aromatic nitrogens is 2. The van der Waals surface area contributed by atoms with Gasteiger partial charge in [0.2, 0.25) is 11.8 Å². The first-order chi connectivity index (χ1) is 10.4. The third-order valence-electron chi connectivity index (χ3n) is 4.07. The number of nitrogens with zero attached hydrogens (tertiary/aromatic N) is 3. The topological polar surface area (TPSA) is 93.3 Å². The Hall–Kier alpha value is -1.89. The monoisotopic (exact) mass is 307 g/mol. The first-order valence-electron chi connectivity index (χ1n) is 7.70. The standard InChI is InChI=1S/C15H25N5O2/c1-10-7-11(2)20(18-10)6-4-5-14(21)19-9-12(16)8-13(19)15(22)17-3/h7,12-13H,4-6,8-9,16H2,1-3H3,(H,17,22)/t12-,13+/m1/s1. The molecule has 1 aromatic rings. The largest absolute Gasteiger partial charge is 0.357 e. The molecule has 1 fully saturated rings. The Bertz CT molecular complexity index is 554. The fourth-order valence-corrected chi connectivity index (χ4v) is 2.98. The number of carbonyl (C=O) groups is 2. The molecule has 0 bridgehead atoms. The van der Waals surface area contributed by atoms with E-state index in [0.29, 0.717) is 32.4 Å². The van der Waals surface area contributed by atoms with E-state index < -0.39 is 6.04 Å².